The van der Waals surface area contributed by atoms with Crippen LogP contribution in [-0.4, -0.2) is 9.19 Å². The molecule has 1 unspecified atom stereocenters. The highest BCUT2D eigenvalue weighted by atomic mass is 32.2. The van der Waals surface area contributed by atoms with Crippen LogP contribution in [0.3, 0.4) is 0 Å². The molecule has 0 N–H and O–H groups in total. The van der Waals surface area contributed by atoms with Crippen LogP contribution in [0.1, 0.15) is 19.8 Å². The highest BCUT2D eigenvalue weighted by Gasteiger charge is 2.30. The number of hydrogen-bond acceptors (Lipinski definition) is 3. The molecule has 1 aliphatic heterocycles. The summed E-state index contributed by atoms with van der Waals surface area (Å²) in [6, 6.07) is 0. The number of rotatable bonds is 0. The molecule has 0 aromatic rings. The second kappa shape index (κ2) is 1.95. The van der Waals surface area contributed by atoms with Crippen LogP contribution in [-0.2, 0) is 4.79 Å². The summed E-state index contributed by atoms with van der Waals surface area (Å²) in [7, 11) is 0. The van der Waals surface area contributed by atoms with Gasteiger partial charge in [-0.2, -0.15) is 12.6 Å². The van der Waals surface area contributed by atoms with E-state index in [0.29, 0.717) is 6.42 Å². The first-order valence-electron chi connectivity index (χ1n) is 2.54. The molecule has 1 saturated heterocycles. The van der Waals surface area contributed by atoms with Crippen molar-refractivity contribution in [1.29, 1.82) is 0 Å². The summed E-state index contributed by atoms with van der Waals surface area (Å²) in [5.41, 5.74) is 0. The van der Waals surface area contributed by atoms with Gasteiger partial charge in [-0.05, 0) is 13.3 Å². The molecule has 0 saturated carbocycles. The van der Waals surface area contributed by atoms with Gasteiger partial charge in [-0.25, -0.2) is 0 Å². The molecule has 0 aromatic carbocycles. The van der Waals surface area contributed by atoms with Gasteiger partial charge in [0.25, 0.3) is 0 Å². The molecule has 1 heterocycles. The van der Waals surface area contributed by atoms with Gasteiger partial charge >= 0.3 is 0 Å². The molecule has 1 nitrogen and oxygen atoms in total. The van der Waals surface area contributed by atoms with Gasteiger partial charge in [0.15, 0.2) is 5.12 Å². The van der Waals surface area contributed by atoms with Crippen molar-refractivity contribution in [1.82, 2.24) is 0 Å². The lowest BCUT2D eigenvalue weighted by Gasteiger charge is -2.10. The van der Waals surface area contributed by atoms with Crippen LogP contribution in [0.25, 0.3) is 0 Å². The van der Waals surface area contributed by atoms with Crippen LogP contribution >= 0.6 is 24.4 Å². The van der Waals surface area contributed by atoms with E-state index in [-0.39, 0.29) is 9.19 Å². The Kier molecular flexibility index (Phi) is 1.59. The Morgan fingerprint density at radius 2 is 2.50 bits per heavy atom. The molecule has 0 spiro atoms. The van der Waals surface area contributed by atoms with Gasteiger partial charge < -0.3 is 0 Å². The molecule has 1 aliphatic rings. The fraction of sp³-hybridized carbons (Fsp3) is 0.800. The van der Waals surface area contributed by atoms with Crippen LogP contribution in [0.5, 0.6) is 0 Å². The summed E-state index contributed by atoms with van der Waals surface area (Å²) in [4.78, 5) is 10.6. The highest BCUT2D eigenvalue weighted by Crippen LogP contribution is 2.41. The summed E-state index contributed by atoms with van der Waals surface area (Å²) >= 11 is 5.60. The van der Waals surface area contributed by atoms with E-state index in [1.54, 1.807) is 0 Å². The topological polar surface area (TPSA) is 17.1 Å². The van der Waals surface area contributed by atoms with Gasteiger partial charge in [0.05, 0.1) is 4.08 Å². The monoisotopic (exact) mass is 148 g/mol. The fourth-order valence-electron chi connectivity index (χ4n) is 0.681. The fourth-order valence-corrected chi connectivity index (χ4v) is 2.00. The molecule has 0 aromatic heterocycles. The summed E-state index contributed by atoms with van der Waals surface area (Å²) in [5, 5.41) is 0.280. The SMILES string of the molecule is CC1(S)CCC(=O)S1. The first-order valence-corrected chi connectivity index (χ1v) is 3.81. The Morgan fingerprint density at radius 1 is 1.88 bits per heavy atom. The van der Waals surface area contributed by atoms with E-state index in [9.17, 15) is 4.79 Å². The van der Waals surface area contributed by atoms with Gasteiger partial charge in [-0.15, -0.1) is 0 Å². The van der Waals surface area contributed by atoms with E-state index in [1.807, 2.05) is 6.92 Å². The average Bonchev–Trinajstić information content (AvgIpc) is 1.82. The van der Waals surface area contributed by atoms with Crippen LogP contribution in [0.2, 0.25) is 0 Å². The van der Waals surface area contributed by atoms with Crippen LogP contribution in [0.15, 0.2) is 0 Å². The van der Waals surface area contributed by atoms with Crippen molar-refractivity contribution in [3.63, 3.8) is 0 Å². The van der Waals surface area contributed by atoms with E-state index >= 15 is 0 Å². The predicted molar refractivity (Wildman–Crippen MR) is 39.2 cm³/mol. The normalized spacial score (nSPS) is 38.5. The maximum Gasteiger partial charge on any atom is 0.190 e. The maximum absolute atomic E-state index is 10.6. The van der Waals surface area contributed by atoms with Gasteiger partial charge in [0.1, 0.15) is 0 Å². The second-order valence-corrected chi connectivity index (χ2v) is 5.00. The zero-order chi connectivity index (χ0) is 6.20. The molecule has 0 amide bonds. The number of carbonyl (C=O) groups excluding carboxylic acids is 1. The van der Waals surface area contributed by atoms with Crippen LogP contribution < -0.4 is 0 Å². The Morgan fingerprint density at radius 3 is 2.62 bits per heavy atom. The van der Waals surface area contributed by atoms with E-state index < -0.39 is 0 Å². The summed E-state index contributed by atoms with van der Waals surface area (Å²) in [6.45, 7) is 1.98. The first-order chi connectivity index (χ1) is 3.60. The van der Waals surface area contributed by atoms with Crippen molar-refractivity contribution in [2.75, 3.05) is 0 Å². The zero-order valence-corrected chi connectivity index (χ0v) is 6.39. The molecule has 1 rings (SSSR count). The Balaban J connectivity index is 2.56. The second-order valence-electron chi connectivity index (χ2n) is 2.15. The lowest BCUT2D eigenvalue weighted by molar-refractivity contribution is -0.110. The quantitative estimate of drug-likeness (QED) is 0.526. The lowest BCUT2D eigenvalue weighted by Crippen LogP contribution is -2.02. The van der Waals surface area contributed by atoms with Gasteiger partial charge in [-0.3, -0.25) is 4.79 Å². The average molecular weight is 148 g/mol. The third kappa shape index (κ3) is 1.42. The minimum Gasteiger partial charge on any atom is -0.287 e. The van der Waals surface area contributed by atoms with Gasteiger partial charge in [0, 0.05) is 6.42 Å². The molecule has 0 radical (unpaired) electrons. The maximum atomic E-state index is 10.6. The number of thioether (sulfide) groups is 1. The summed E-state index contributed by atoms with van der Waals surface area (Å²) < 4.78 is -0.0723. The van der Waals surface area contributed by atoms with Crippen LogP contribution in [0.4, 0.5) is 0 Å². The molecule has 0 aliphatic carbocycles. The van der Waals surface area contributed by atoms with E-state index in [4.69, 9.17) is 0 Å². The van der Waals surface area contributed by atoms with Crippen LogP contribution in [0, 0.1) is 0 Å². The molecule has 46 valence electrons. The third-order valence-corrected chi connectivity index (χ3v) is 2.70. The lowest BCUT2D eigenvalue weighted by atomic mass is 10.3. The minimum atomic E-state index is -0.0723. The molecule has 8 heavy (non-hydrogen) atoms. The molecule has 0 bridgehead atoms. The largest absolute Gasteiger partial charge is 0.287 e. The van der Waals surface area contributed by atoms with Gasteiger partial charge in [-0.1, -0.05) is 11.8 Å². The molecular weight excluding hydrogens is 140 g/mol. The summed E-state index contributed by atoms with van der Waals surface area (Å²) in [5.74, 6) is 0. The van der Waals surface area contributed by atoms with E-state index in [2.05, 4.69) is 12.6 Å². The van der Waals surface area contributed by atoms with Crippen molar-refractivity contribution in [2.45, 2.75) is 23.8 Å². The molecule has 1 fully saturated rings. The summed E-state index contributed by atoms with van der Waals surface area (Å²) in [6.07, 6.45) is 1.62. The van der Waals surface area contributed by atoms with E-state index in [0.717, 1.165) is 6.42 Å². The van der Waals surface area contributed by atoms with Crippen molar-refractivity contribution in [2.24, 2.45) is 0 Å². The van der Waals surface area contributed by atoms with Crippen molar-refractivity contribution in [3.8, 4) is 0 Å². The molecule has 3 heteroatoms. The van der Waals surface area contributed by atoms with Crippen molar-refractivity contribution >= 4 is 29.5 Å². The minimum absolute atomic E-state index is 0.0723. The highest BCUT2D eigenvalue weighted by molar-refractivity contribution is 8.22. The number of hydrogen-bond donors (Lipinski definition) is 1. The molecular formula is C5H8OS2. The standard InChI is InChI=1S/C5H8OS2/c1-5(7)3-2-4(6)8-5/h7H,2-3H2,1H3. The third-order valence-electron chi connectivity index (χ3n) is 1.13. The predicted octanol–water partition coefficient (Wildman–Crippen LogP) is 1.69. The number of thiol groups is 1. The van der Waals surface area contributed by atoms with Gasteiger partial charge in [0.2, 0.25) is 0 Å². The van der Waals surface area contributed by atoms with Crippen molar-refractivity contribution in [3.05, 3.63) is 0 Å². The Labute approximate surface area is 58.6 Å². The van der Waals surface area contributed by atoms with Crippen molar-refractivity contribution < 1.29 is 4.79 Å². The molecule has 1 atom stereocenters. The first kappa shape index (κ1) is 6.49. The Bertz CT molecular complexity index is 120. The zero-order valence-electron chi connectivity index (χ0n) is 4.68. The smallest absolute Gasteiger partial charge is 0.190 e. The van der Waals surface area contributed by atoms with E-state index in [1.165, 1.54) is 11.8 Å². The number of carbonyl (C=O) groups is 1. The Hall–Kier alpha value is 0.370.